The van der Waals surface area contributed by atoms with Crippen LogP contribution in [0.4, 0.5) is 4.79 Å². The molecular weight excluding hydrogens is 240 g/mol. The van der Waals surface area contributed by atoms with Gasteiger partial charge in [-0.3, -0.25) is 0 Å². The number of nitrogens with one attached hydrogen (secondary N) is 1. The third kappa shape index (κ3) is 3.47. The second kappa shape index (κ2) is 4.85. The molecule has 0 saturated heterocycles. The van der Waals surface area contributed by atoms with E-state index in [4.69, 9.17) is 10.5 Å². The highest BCUT2D eigenvalue weighted by Crippen LogP contribution is 2.45. The van der Waals surface area contributed by atoms with Crippen molar-refractivity contribution in [3.63, 3.8) is 0 Å². The Labute approximate surface area is 114 Å². The fourth-order valence-electron chi connectivity index (χ4n) is 2.11. The maximum atomic E-state index is 11.9. The van der Waals surface area contributed by atoms with E-state index in [0.717, 1.165) is 24.0 Å². The summed E-state index contributed by atoms with van der Waals surface area (Å²) in [6.45, 7) is 6.10. The number of carbonyl (C=O) groups excluding carboxylic acids is 1. The molecule has 0 aliphatic heterocycles. The van der Waals surface area contributed by atoms with Gasteiger partial charge in [0.1, 0.15) is 5.60 Å². The maximum absolute atomic E-state index is 11.9. The van der Waals surface area contributed by atoms with E-state index < -0.39 is 5.60 Å². The van der Waals surface area contributed by atoms with Crippen LogP contribution in [-0.2, 0) is 16.8 Å². The minimum absolute atomic E-state index is 0.256. The molecule has 1 aromatic carbocycles. The van der Waals surface area contributed by atoms with Crippen molar-refractivity contribution in [1.29, 1.82) is 0 Å². The fourth-order valence-corrected chi connectivity index (χ4v) is 2.11. The van der Waals surface area contributed by atoms with E-state index >= 15 is 0 Å². The van der Waals surface area contributed by atoms with Gasteiger partial charge in [0.15, 0.2) is 0 Å². The van der Waals surface area contributed by atoms with Crippen LogP contribution < -0.4 is 11.1 Å². The summed E-state index contributed by atoms with van der Waals surface area (Å²) >= 11 is 0. The van der Waals surface area contributed by atoms with E-state index in [1.807, 2.05) is 39.0 Å². The van der Waals surface area contributed by atoms with Crippen LogP contribution in [0.1, 0.15) is 44.7 Å². The smallest absolute Gasteiger partial charge is 0.408 e. The molecule has 1 aliphatic rings. The molecule has 1 aliphatic carbocycles. The van der Waals surface area contributed by atoms with E-state index in [9.17, 15) is 4.79 Å². The van der Waals surface area contributed by atoms with Crippen LogP contribution in [0.3, 0.4) is 0 Å². The molecule has 0 unspecified atom stereocenters. The third-order valence-corrected chi connectivity index (χ3v) is 3.21. The molecule has 0 radical (unpaired) electrons. The topological polar surface area (TPSA) is 64.3 Å². The Bertz CT molecular complexity index is 473. The predicted octanol–water partition coefficient (Wildman–Crippen LogP) is 2.66. The molecule has 4 heteroatoms. The van der Waals surface area contributed by atoms with Crippen molar-refractivity contribution in [3.05, 3.63) is 35.4 Å². The van der Waals surface area contributed by atoms with E-state index in [2.05, 4.69) is 11.4 Å². The summed E-state index contributed by atoms with van der Waals surface area (Å²) in [6.07, 6.45) is 1.53. The van der Waals surface area contributed by atoms with Crippen molar-refractivity contribution in [3.8, 4) is 0 Å². The lowest BCUT2D eigenvalue weighted by molar-refractivity contribution is 0.0495. The Balaban J connectivity index is 2.08. The van der Waals surface area contributed by atoms with Gasteiger partial charge in [-0.15, -0.1) is 0 Å². The van der Waals surface area contributed by atoms with Crippen LogP contribution >= 0.6 is 0 Å². The van der Waals surface area contributed by atoms with E-state index in [-0.39, 0.29) is 11.6 Å². The predicted molar refractivity (Wildman–Crippen MR) is 74.6 cm³/mol. The first-order valence-corrected chi connectivity index (χ1v) is 6.65. The minimum atomic E-state index is -0.473. The first-order chi connectivity index (χ1) is 8.85. The number of carbonyl (C=O) groups is 1. The van der Waals surface area contributed by atoms with Gasteiger partial charge in [0.25, 0.3) is 0 Å². The van der Waals surface area contributed by atoms with Gasteiger partial charge in [0.05, 0.1) is 5.54 Å². The third-order valence-electron chi connectivity index (χ3n) is 3.21. The van der Waals surface area contributed by atoms with Crippen LogP contribution in [0.5, 0.6) is 0 Å². The molecule has 1 saturated carbocycles. The molecule has 19 heavy (non-hydrogen) atoms. The fraction of sp³-hybridized carbons (Fsp3) is 0.533. The Morgan fingerprint density at radius 1 is 1.42 bits per heavy atom. The lowest BCUT2D eigenvalue weighted by atomic mass is 10.0. The number of amides is 1. The number of rotatable bonds is 3. The summed E-state index contributed by atoms with van der Waals surface area (Å²) in [6, 6.07) is 8.06. The van der Waals surface area contributed by atoms with Crippen molar-refractivity contribution in [1.82, 2.24) is 5.32 Å². The molecule has 0 atom stereocenters. The summed E-state index contributed by atoms with van der Waals surface area (Å²) in [7, 11) is 0. The van der Waals surface area contributed by atoms with E-state index in [1.54, 1.807) is 0 Å². The number of alkyl carbamates (subject to hydrolysis) is 1. The zero-order valence-corrected chi connectivity index (χ0v) is 11.8. The van der Waals surface area contributed by atoms with E-state index in [0.29, 0.717) is 6.54 Å². The molecule has 0 heterocycles. The van der Waals surface area contributed by atoms with Crippen LogP contribution in [0.25, 0.3) is 0 Å². The summed E-state index contributed by atoms with van der Waals surface area (Å²) in [5.41, 5.74) is 7.12. The average Bonchev–Trinajstić information content (AvgIpc) is 3.07. The summed E-state index contributed by atoms with van der Waals surface area (Å²) in [5.74, 6) is 0. The van der Waals surface area contributed by atoms with Gasteiger partial charge in [-0.05, 0) is 44.7 Å². The van der Waals surface area contributed by atoms with Crippen LogP contribution in [0.2, 0.25) is 0 Å². The number of ether oxygens (including phenoxy) is 1. The molecule has 1 fully saturated rings. The van der Waals surface area contributed by atoms with Gasteiger partial charge in [0, 0.05) is 6.54 Å². The molecular formula is C15H22N2O2. The average molecular weight is 262 g/mol. The van der Waals surface area contributed by atoms with Crippen molar-refractivity contribution in [2.75, 3.05) is 0 Å². The number of hydrogen-bond acceptors (Lipinski definition) is 3. The normalized spacial score (nSPS) is 16.8. The first kappa shape index (κ1) is 13.9. The second-order valence-corrected chi connectivity index (χ2v) is 6.11. The first-order valence-electron chi connectivity index (χ1n) is 6.65. The molecule has 1 amide bonds. The molecule has 2 rings (SSSR count). The zero-order chi connectivity index (χ0) is 14.1. The van der Waals surface area contributed by atoms with Gasteiger partial charge < -0.3 is 15.8 Å². The zero-order valence-electron chi connectivity index (χ0n) is 11.8. The van der Waals surface area contributed by atoms with Crippen LogP contribution in [0, 0.1) is 0 Å². The minimum Gasteiger partial charge on any atom is -0.444 e. The summed E-state index contributed by atoms with van der Waals surface area (Å²) in [4.78, 5) is 11.9. The Hall–Kier alpha value is -1.55. The van der Waals surface area contributed by atoms with Crippen molar-refractivity contribution in [2.45, 2.75) is 51.3 Å². The molecule has 0 bridgehead atoms. The van der Waals surface area contributed by atoms with Gasteiger partial charge in [-0.1, -0.05) is 24.3 Å². The highest BCUT2D eigenvalue weighted by molar-refractivity contribution is 5.70. The highest BCUT2D eigenvalue weighted by Gasteiger charge is 2.46. The van der Waals surface area contributed by atoms with Gasteiger partial charge in [-0.25, -0.2) is 4.79 Å². The van der Waals surface area contributed by atoms with Crippen LogP contribution in [0.15, 0.2) is 24.3 Å². The molecule has 0 aromatic heterocycles. The quantitative estimate of drug-likeness (QED) is 0.880. The van der Waals surface area contributed by atoms with E-state index in [1.165, 1.54) is 0 Å². The standard InChI is InChI=1S/C15H22N2O2/c1-14(2,3)19-13(18)17-15(7-8-15)12-6-4-5-11(9-12)10-16/h4-6,9H,7-8,10,16H2,1-3H3,(H,17,18). The van der Waals surface area contributed by atoms with Crippen molar-refractivity contribution >= 4 is 6.09 Å². The Morgan fingerprint density at radius 3 is 2.63 bits per heavy atom. The lowest BCUT2D eigenvalue weighted by Gasteiger charge is -2.24. The molecule has 104 valence electrons. The molecule has 4 nitrogen and oxygen atoms in total. The number of hydrogen-bond donors (Lipinski definition) is 2. The van der Waals surface area contributed by atoms with Gasteiger partial charge >= 0.3 is 6.09 Å². The monoisotopic (exact) mass is 262 g/mol. The molecule has 0 spiro atoms. The number of benzene rings is 1. The summed E-state index contributed by atoms with van der Waals surface area (Å²) in [5, 5.41) is 2.99. The molecule has 1 aromatic rings. The molecule has 3 N–H and O–H groups in total. The Kier molecular flexibility index (Phi) is 3.54. The van der Waals surface area contributed by atoms with Crippen LogP contribution in [-0.4, -0.2) is 11.7 Å². The van der Waals surface area contributed by atoms with Crippen molar-refractivity contribution < 1.29 is 9.53 Å². The van der Waals surface area contributed by atoms with Crippen molar-refractivity contribution in [2.24, 2.45) is 5.73 Å². The summed E-state index contributed by atoms with van der Waals surface area (Å²) < 4.78 is 5.32. The Morgan fingerprint density at radius 2 is 2.11 bits per heavy atom. The maximum Gasteiger partial charge on any atom is 0.408 e. The lowest BCUT2D eigenvalue weighted by Crippen LogP contribution is -2.39. The SMILES string of the molecule is CC(C)(C)OC(=O)NC1(c2cccc(CN)c2)CC1. The second-order valence-electron chi connectivity index (χ2n) is 6.11. The van der Waals surface area contributed by atoms with Gasteiger partial charge in [-0.2, -0.15) is 0 Å². The largest absolute Gasteiger partial charge is 0.444 e. The highest BCUT2D eigenvalue weighted by atomic mass is 16.6. The number of nitrogens with two attached hydrogens (primary N) is 1. The van der Waals surface area contributed by atoms with Gasteiger partial charge in [0.2, 0.25) is 0 Å².